The van der Waals surface area contributed by atoms with Gasteiger partial charge in [0, 0.05) is 45.3 Å². The highest BCUT2D eigenvalue weighted by Crippen LogP contribution is 2.43. The van der Waals surface area contributed by atoms with Gasteiger partial charge >= 0.3 is 6.03 Å². The lowest BCUT2D eigenvalue weighted by Gasteiger charge is -2.36. The number of piperazine rings is 1. The van der Waals surface area contributed by atoms with E-state index in [0.717, 1.165) is 25.2 Å². The molecule has 0 spiro atoms. The van der Waals surface area contributed by atoms with Crippen LogP contribution in [0.5, 0.6) is 0 Å². The fourth-order valence-electron chi connectivity index (χ4n) is 3.59. The molecule has 6 nitrogen and oxygen atoms in total. The van der Waals surface area contributed by atoms with Crippen molar-refractivity contribution in [2.75, 3.05) is 39.3 Å². The zero-order valence-electron chi connectivity index (χ0n) is 17.0. The maximum Gasteiger partial charge on any atom is 0.317 e. The summed E-state index contributed by atoms with van der Waals surface area (Å²) in [6.07, 6.45) is 0. The average Bonchev–Trinajstić information content (AvgIpc) is 2.96. The first-order valence-corrected chi connectivity index (χ1v) is 11.6. The van der Waals surface area contributed by atoms with Crippen molar-refractivity contribution in [3.63, 3.8) is 0 Å². The Morgan fingerprint density at radius 2 is 1.86 bits per heavy atom. The minimum absolute atomic E-state index is 0.000670. The maximum atomic E-state index is 12.7. The van der Waals surface area contributed by atoms with Crippen LogP contribution < -0.4 is 5.32 Å². The van der Waals surface area contributed by atoms with Gasteiger partial charge in [-0.25, -0.2) is 4.79 Å². The van der Waals surface area contributed by atoms with Crippen molar-refractivity contribution in [1.29, 1.82) is 0 Å². The van der Waals surface area contributed by atoms with Gasteiger partial charge in [-0.3, -0.25) is 9.69 Å². The first kappa shape index (κ1) is 22.5. The van der Waals surface area contributed by atoms with Crippen molar-refractivity contribution in [2.45, 2.75) is 37.4 Å². The standard InChI is InChI=1S/C20H28Cl2N4O2S/c1-13(2)23-20(28)25-9-6-24(7-10-25)8-11-26-18(27)14(3)29-19(26)15-4-5-16(21)17(22)12-15/h4-5,12-14,19H,6-11H2,1-3H3,(H,23,28). The minimum atomic E-state index is -0.0777. The molecule has 2 aliphatic heterocycles. The van der Waals surface area contributed by atoms with Crippen molar-refractivity contribution < 1.29 is 9.59 Å². The molecule has 2 heterocycles. The summed E-state index contributed by atoms with van der Waals surface area (Å²) in [4.78, 5) is 31.0. The number of hydrogen-bond donors (Lipinski definition) is 1. The van der Waals surface area contributed by atoms with E-state index in [2.05, 4.69) is 10.2 Å². The summed E-state index contributed by atoms with van der Waals surface area (Å²) in [5.41, 5.74) is 0.997. The van der Waals surface area contributed by atoms with E-state index in [4.69, 9.17) is 23.2 Å². The molecule has 29 heavy (non-hydrogen) atoms. The third-order valence-corrected chi connectivity index (χ3v) is 7.34. The molecule has 1 aromatic carbocycles. The predicted molar refractivity (Wildman–Crippen MR) is 120 cm³/mol. The van der Waals surface area contributed by atoms with Gasteiger partial charge in [-0.15, -0.1) is 11.8 Å². The summed E-state index contributed by atoms with van der Waals surface area (Å²) in [6, 6.07) is 5.72. The van der Waals surface area contributed by atoms with Crippen LogP contribution in [0.4, 0.5) is 4.79 Å². The van der Waals surface area contributed by atoms with Gasteiger partial charge in [0.15, 0.2) is 0 Å². The summed E-state index contributed by atoms with van der Waals surface area (Å²) in [7, 11) is 0. The van der Waals surface area contributed by atoms with E-state index in [1.165, 1.54) is 0 Å². The van der Waals surface area contributed by atoms with Crippen molar-refractivity contribution in [1.82, 2.24) is 20.0 Å². The number of amides is 3. The molecule has 1 aromatic rings. The van der Waals surface area contributed by atoms with Crippen LogP contribution in [0.1, 0.15) is 31.7 Å². The number of halogens is 2. The smallest absolute Gasteiger partial charge is 0.317 e. The maximum absolute atomic E-state index is 12.7. The molecule has 0 bridgehead atoms. The topological polar surface area (TPSA) is 55.9 Å². The second kappa shape index (κ2) is 9.77. The quantitative estimate of drug-likeness (QED) is 0.730. The SMILES string of the molecule is CC(C)NC(=O)N1CCN(CCN2C(=O)C(C)SC2c2ccc(Cl)c(Cl)c2)CC1. The Balaban J connectivity index is 1.56. The van der Waals surface area contributed by atoms with Gasteiger partial charge < -0.3 is 15.1 Å². The summed E-state index contributed by atoms with van der Waals surface area (Å²) < 4.78 is 0. The molecule has 2 fully saturated rings. The van der Waals surface area contributed by atoms with Crippen LogP contribution in [0.2, 0.25) is 10.0 Å². The van der Waals surface area contributed by atoms with Crippen LogP contribution >= 0.6 is 35.0 Å². The second-order valence-corrected chi connectivity index (χ2v) is 10.0. The molecular formula is C20H28Cl2N4O2S. The fraction of sp³-hybridized carbons (Fsp3) is 0.600. The van der Waals surface area contributed by atoms with E-state index in [9.17, 15) is 9.59 Å². The highest BCUT2D eigenvalue weighted by atomic mass is 35.5. The van der Waals surface area contributed by atoms with E-state index >= 15 is 0 Å². The Labute approximate surface area is 186 Å². The number of nitrogens with zero attached hydrogens (tertiary/aromatic N) is 3. The molecule has 2 saturated heterocycles. The Kier molecular flexibility index (Phi) is 7.59. The second-order valence-electron chi connectivity index (χ2n) is 7.77. The molecule has 3 amide bonds. The van der Waals surface area contributed by atoms with E-state index < -0.39 is 0 Å². The number of nitrogens with one attached hydrogen (secondary N) is 1. The summed E-state index contributed by atoms with van der Waals surface area (Å²) >= 11 is 13.9. The van der Waals surface area contributed by atoms with Crippen LogP contribution in [0.25, 0.3) is 0 Å². The van der Waals surface area contributed by atoms with E-state index in [-0.39, 0.29) is 28.6 Å². The molecule has 1 N–H and O–H groups in total. The highest BCUT2D eigenvalue weighted by Gasteiger charge is 2.38. The number of carbonyl (C=O) groups is 2. The molecule has 160 valence electrons. The number of hydrogen-bond acceptors (Lipinski definition) is 4. The lowest BCUT2D eigenvalue weighted by Crippen LogP contribution is -2.53. The molecular weight excluding hydrogens is 431 g/mol. The lowest BCUT2D eigenvalue weighted by molar-refractivity contribution is -0.130. The summed E-state index contributed by atoms with van der Waals surface area (Å²) in [5, 5.41) is 3.84. The van der Waals surface area contributed by atoms with Crippen molar-refractivity contribution in [2.24, 2.45) is 0 Å². The van der Waals surface area contributed by atoms with E-state index in [0.29, 0.717) is 29.7 Å². The molecule has 0 radical (unpaired) electrons. The molecule has 3 rings (SSSR count). The highest BCUT2D eigenvalue weighted by molar-refractivity contribution is 8.01. The van der Waals surface area contributed by atoms with E-state index in [1.54, 1.807) is 17.8 Å². The van der Waals surface area contributed by atoms with Gasteiger partial charge in [0.25, 0.3) is 0 Å². The van der Waals surface area contributed by atoms with Crippen molar-refractivity contribution in [3.8, 4) is 0 Å². The van der Waals surface area contributed by atoms with Gasteiger partial charge in [0.1, 0.15) is 5.37 Å². The third kappa shape index (κ3) is 5.51. The number of rotatable bonds is 5. The molecule has 0 saturated carbocycles. The molecule has 2 aliphatic rings. The van der Waals surface area contributed by atoms with Crippen LogP contribution in [0, 0.1) is 0 Å². The predicted octanol–water partition coefficient (Wildman–Crippen LogP) is 3.69. The Morgan fingerprint density at radius 3 is 2.48 bits per heavy atom. The van der Waals surface area contributed by atoms with Crippen molar-refractivity contribution in [3.05, 3.63) is 33.8 Å². The normalized spacial score (nSPS) is 23.2. The van der Waals surface area contributed by atoms with Crippen LogP contribution in [-0.2, 0) is 4.79 Å². The number of benzene rings is 1. The first-order valence-electron chi connectivity index (χ1n) is 9.95. The van der Waals surface area contributed by atoms with Crippen LogP contribution in [-0.4, -0.2) is 77.2 Å². The van der Waals surface area contributed by atoms with Crippen molar-refractivity contribution >= 4 is 46.9 Å². The Morgan fingerprint density at radius 1 is 1.17 bits per heavy atom. The molecule has 2 atom stereocenters. The van der Waals surface area contributed by atoms with Gasteiger partial charge in [-0.2, -0.15) is 0 Å². The lowest BCUT2D eigenvalue weighted by atomic mass is 10.2. The summed E-state index contributed by atoms with van der Waals surface area (Å²) in [5.74, 6) is 0.154. The zero-order chi connectivity index (χ0) is 21.1. The monoisotopic (exact) mass is 458 g/mol. The number of thioether (sulfide) groups is 1. The minimum Gasteiger partial charge on any atom is -0.336 e. The number of carbonyl (C=O) groups excluding carboxylic acids is 2. The van der Waals surface area contributed by atoms with Gasteiger partial charge in [-0.1, -0.05) is 29.3 Å². The zero-order valence-corrected chi connectivity index (χ0v) is 19.4. The van der Waals surface area contributed by atoms with Gasteiger partial charge in [0.2, 0.25) is 5.91 Å². The van der Waals surface area contributed by atoms with Gasteiger partial charge in [0.05, 0.1) is 15.3 Å². The Hall–Kier alpha value is -1.15. The number of urea groups is 1. The molecule has 0 aromatic heterocycles. The molecule has 2 unspecified atom stereocenters. The average molecular weight is 459 g/mol. The van der Waals surface area contributed by atoms with E-state index in [1.807, 2.05) is 42.7 Å². The molecule has 9 heteroatoms. The van der Waals surface area contributed by atoms with Gasteiger partial charge in [-0.05, 0) is 38.5 Å². The Bertz CT molecular complexity index is 756. The summed E-state index contributed by atoms with van der Waals surface area (Å²) in [6.45, 7) is 10.3. The third-order valence-electron chi connectivity index (χ3n) is 5.20. The molecule has 0 aliphatic carbocycles. The van der Waals surface area contributed by atoms with Crippen LogP contribution in [0.3, 0.4) is 0 Å². The van der Waals surface area contributed by atoms with Crippen LogP contribution in [0.15, 0.2) is 18.2 Å². The first-order chi connectivity index (χ1) is 13.8. The largest absolute Gasteiger partial charge is 0.336 e. The fourth-order valence-corrected chi connectivity index (χ4v) is 5.19.